The zero-order valence-electron chi connectivity index (χ0n) is 18.7. The minimum atomic E-state index is 0.128. The van der Waals surface area contributed by atoms with Gasteiger partial charge in [0.1, 0.15) is 0 Å². The average molecular weight is 436 g/mol. The lowest BCUT2D eigenvalue weighted by atomic mass is 10.1. The number of fused-ring (bicyclic) bond motifs is 1. The molecular formula is C22H37N5O2S. The van der Waals surface area contributed by atoms with Crippen molar-refractivity contribution in [1.29, 1.82) is 0 Å². The van der Waals surface area contributed by atoms with Crippen molar-refractivity contribution in [1.82, 2.24) is 20.4 Å². The fourth-order valence-corrected chi connectivity index (χ4v) is 4.90. The molecule has 1 aromatic rings. The molecule has 0 spiro atoms. The lowest BCUT2D eigenvalue weighted by molar-refractivity contribution is -0.131. The van der Waals surface area contributed by atoms with Gasteiger partial charge in [-0.15, -0.1) is 11.3 Å². The summed E-state index contributed by atoms with van der Waals surface area (Å²) in [5.74, 6) is 1.62. The molecule has 0 saturated carbocycles. The molecule has 1 fully saturated rings. The number of carbonyl (C=O) groups excluding carboxylic acids is 1. The van der Waals surface area contributed by atoms with Crippen molar-refractivity contribution < 1.29 is 9.53 Å². The molecule has 2 aliphatic heterocycles. The molecule has 3 heterocycles. The van der Waals surface area contributed by atoms with Crippen molar-refractivity contribution in [2.45, 2.75) is 46.3 Å². The highest BCUT2D eigenvalue weighted by atomic mass is 32.1. The van der Waals surface area contributed by atoms with Crippen LogP contribution in [0.2, 0.25) is 0 Å². The Morgan fingerprint density at radius 1 is 1.37 bits per heavy atom. The summed E-state index contributed by atoms with van der Waals surface area (Å²) in [4.78, 5) is 23.2. The van der Waals surface area contributed by atoms with Crippen LogP contribution in [-0.2, 0) is 22.5 Å². The van der Waals surface area contributed by atoms with E-state index in [4.69, 9.17) is 9.73 Å². The topological polar surface area (TPSA) is 69.2 Å². The molecule has 0 bridgehead atoms. The molecule has 2 N–H and O–H groups in total. The molecule has 0 aliphatic carbocycles. The number of nitrogens with one attached hydrogen (secondary N) is 2. The molecule has 1 saturated heterocycles. The van der Waals surface area contributed by atoms with Gasteiger partial charge in [0.2, 0.25) is 5.91 Å². The standard InChI is InChI=1S/C22H37N5O2S/c1-4-23-22(25-13-19-16-26(10-11-29-19)14-17(2)3)24-8-5-21(28)27-9-6-20-18(15-27)7-12-30-20/h7,12,17,19H,4-6,8-11,13-16H2,1-3H3,(H2,23,24,25). The van der Waals surface area contributed by atoms with Gasteiger partial charge in [-0.2, -0.15) is 0 Å². The highest BCUT2D eigenvalue weighted by Gasteiger charge is 2.22. The first-order valence-corrected chi connectivity index (χ1v) is 12.1. The normalized spacial score (nSPS) is 20.3. The molecule has 1 atom stereocenters. The predicted molar refractivity (Wildman–Crippen MR) is 123 cm³/mol. The van der Waals surface area contributed by atoms with Crippen molar-refractivity contribution in [2.75, 3.05) is 52.4 Å². The SMILES string of the molecule is CCNC(=NCC1CN(CC(C)C)CCO1)NCCC(=O)N1CCc2sccc2C1. The summed E-state index contributed by atoms with van der Waals surface area (Å²) < 4.78 is 5.90. The number of amides is 1. The number of morpholine rings is 1. The fraction of sp³-hybridized carbons (Fsp3) is 0.727. The van der Waals surface area contributed by atoms with Gasteiger partial charge in [0, 0.05) is 57.1 Å². The van der Waals surface area contributed by atoms with E-state index in [0.29, 0.717) is 25.4 Å². The minimum Gasteiger partial charge on any atom is -0.374 e. The third kappa shape index (κ3) is 6.96. The molecular weight excluding hydrogens is 398 g/mol. The number of hydrogen-bond acceptors (Lipinski definition) is 5. The molecule has 168 valence electrons. The smallest absolute Gasteiger partial charge is 0.224 e. The number of ether oxygens (including phenoxy) is 1. The van der Waals surface area contributed by atoms with E-state index in [0.717, 1.165) is 58.3 Å². The Balaban J connectivity index is 1.42. The Morgan fingerprint density at radius 3 is 3.03 bits per heavy atom. The highest BCUT2D eigenvalue weighted by Crippen LogP contribution is 2.24. The van der Waals surface area contributed by atoms with Crippen LogP contribution < -0.4 is 10.6 Å². The maximum Gasteiger partial charge on any atom is 0.224 e. The number of aliphatic imine (C=N–C) groups is 1. The molecule has 30 heavy (non-hydrogen) atoms. The third-order valence-corrected chi connectivity index (χ3v) is 6.46. The molecule has 1 amide bonds. The zero-order chi connectivity index (χ0) is 21.3. The van der Waals surface area contributed by atoms with Crippen LogP contribution in [0.3, 0.4) is 0 Å². The van der Waals surface area contributed by atoms with Crippen molar-refractivity contribution in [3.05, 3.63) is 21.9 Å². The first-order valence-electron chi connectivity index (χ1n) is 11.2. The van der Waals surface area contributed by atoms with Crippen molar-refractivity contribution in [2.24, 2.45) is 10.9 Å². The summed E-state index contributed by atoms with van der Waals surface area (Å²) in [5, 5.41) is 8.71. The lowest BCUT2D eigenvalue weighted by Gasteiger charge is -2.33. The van der Waals surface area contributed by atoms with Gasteiger partial charge < -0.3 is 20.3 Å². The number of hydrogen-bond donors (Lipinski definition) is 2. The Labute approximate surface area is 184 Å². The van der Waals surface area contributed by atoms with Gasteiger partial charge >= 0.3 is 0 Å². The summed E-state index contributed by atoms with van der Waals surface area (Å²) in [5.41, 5.74) is 1.31. The monoisotopic (exact) mass is 435 g/mol. The zero-order valence-corrected chi connectivity index (χ0v) is 19.5. The van der Waals surface area contributed by atoms with E-state index in [-0.39, 0.29) is 12.0 Å². The van der Waals surface area contributed by atoms with E-state index in [2.05, 4.69) is 47.8 Å². The van der Waals surface area contributed by atoms with E-state index < -0.39 is 0 Å². The fourth-order valence-electron chi connectivity index (χ4n) is 4.02. The second kappa shape index (κ2) is 11.7. The van der Waals surface area contributed by atoms with Gasteiger partial charge in [-0.3, -0.25) is 14.7 Å². The van der Waals surface area contributed by atoms with Crippen molar-refractivity contribution in [3.63, 3.8) is 0 Å². The second-order valence-electron chi connectivity index (χ2n) is 8.48. The van der Waals surface area contributed by atoms with E-state index >= 15 is 0 Å². The quantitative estimate of drug-likeness (QED) is 0.482. The maximum atomic E-state index is 12.6. The number of nitrogens with zero attached hydrogens (tertiary/aromatic N) is 3. The molecule has 0 aromatic carbocycles. The van der Waals surface area contributed by atoms with Crippen LogP contribution in [0.1, 0.15) is 37.6 Å². The summed E-state index contributed by atoms with van der Waals surface area (Å²) in [6.45, 7) is 13.9. The maximum absolute atomic E-state index is 12.6. The Hall–Kier alpha value is -1.64. The summed E-state index contributed by atoms with van der Waals surface area (Å²) >= 11 is 1.80. The van der Waals surface area contributed by atoms with Gasteiger partial charge in [-0.1, -0.05) is 13.8 Å². The average Bonchev–Trinajstić information content (AvgIpc) is 3.19. The van der Waals surface area contributed by atoms with Crippen LogP contribution in [0, 0.1) is 5.92 Å². The summed E-state index contributed by atoms with van der Waals surface area (Å²) in [6, 6.07) is 2.14. The summed E-state index contributed by atoms with van der Waals surface area (Å²) in [6.07, 6.45) is 1.58. The summed E-state index contributed by atoms with van der Waals surface area (Å²) in [7, 11) is 0. The van der Waals surface area contributed by atoms with Crippen molar-refractivity contribution in [3.8, 4) is 0 Å². The van der Waals surface area contributed by atoms with Gasteiger partial charge in [-0.25, -0.2) is 0 Å². The molecule has 3 rings (SSSR count). The predicted octanol–water partition coefficient (Wildman–Crippen LogP) is 1.93. The molecule has 1 aromatic heterocycles. The van der Waals surface area contributed by atoms with E-state index in [1.165, 1.54) is 10.4 Å². The van der Waals surface area contributed by atoms with Crippen LogP contribution in [0.4, 0.5) is 0 Å². The Morgan fingerprint density at radius 2 is 2.23 bits per heavy atom. The molecule has 2 aliphatic rings. The Bertz CT molecular complexity index is 705. The van der Waals surface area contributed by atoms with Gasteiger partial charge in [0.15, 0.2) is 5.96 Å². The van der Waals surface area contributed by atoms with Crippen LogP contribution in [0.5, 0.6) is 0 Å². The van der Waals surface area contributed by atoms with Gasteiger partial charge in [0.25, 0.3) is 0 Å². The van der Waals surface area contributed by atoms with E-state index in [1.807, 2.05) is 4.90 Å². The van der Waals surface area contributed by atoms with Crippen LogP contribution in [0.15, 0.2) is 16.4 Å². The van der Waals surface area contributed by atoms with Crippen LogP contribution >= 0.6 is 11.3 Å². The first-order chi connectivity index (χ1) is 14.5. The number of carbonyl (C=O) groups is 1. The van der Waals surface area contributed by atoms with Crippen molar-refractivity contribution >= 4 is 23.2 Å². The molecule has 8 heteroatoms. The second-order valence-corrected chi connectivity index (χ2v) is 9.48. The third-order valence-electron chi connectivity index (χ3n) is 5.44. The minimum absolute atomic E-state index is 0.128. The van der Waals surface area contributed by atoms with Crippen LogP contribution in [-0.4, -0.2) is 80.2 Å². The van der Waals surface area contributed by atoms with E-state index in [1.54, 1.807) is 11.3 Å². The molecule has 7 nitrogen and oxygen atoms in total. The molecule has 1 unspecified atom stereocenters. The van der Waals surface area contributed by atoms with Crippen LogP contribution in [0.25, 0.3) is 0 Å². The number of rotatable bonds is 8. The Kier molecular flexibility index (Phi) is 8.96. The van der Waals surface area contributed by atoms with E-state index in [9.17, 15) is 4.79 Å². The first kappa shape index (κ1) is 23.0. The number of thiophene rings is 1. The van der Waals surface area contributed by atoms with Gasteiger partial charge in [0.05, 0.1) is 19.3 Å². The molecule has 0 radical (unpaired) electrons. The van der Waals surface area contributed by atoms with Gasteiger partial charge in [-0.05, 0) is 36.3 Å². The lowest BCUT2D eigenvalue weighted by Crippen LogP contribution is -2.46. The number of guanidine groups is 1. The highest BCUT2D eigenvalue weighted by molar-refractivity contribution is 7.10. The largest absolute Gasteiger partial charge is 0.374 e.